The number of aryl methyl sites for hydroxylation is 1. The minimum atomic E-state index is -0.760. The number of carbonyl (C=O) groups is 1. The molecule has 25 heavy (non-hydrogen) atoms. The van der Waals surface area contributed by atoms with Gasteiger partial charge in [-0.2, -0.15) is 0 Å². The van der Waals surface area contributed by atoms with Crippen LogP contribution >= 0.6 is 0 Å². The minimum absolute atomic E-state index is 0.0891. The number of pyridine rings is 2. The van der Waals surface area contributed by atoms with Gasteiger partial charge in [0.05, 0.1) is 10.9 Å². The van der Waals surface area contributed by atoms with E-state index in [4.69, 9.17) is 0 Å². The van der Waals surface area contributed by atoms with E-state index in [1.807, 2.05) is 44.2 Å². The van der Waals surface area contributed by atoms with E-state index < -0.39 is 5.41 Å². The Hall–Kier alpha value is -2.95. The molecule has 2 aromatic heterocycles. The lowest BCUT2D eigenvalue weighted by Crippen LogP contribution is -2.37. The Kier molecular flexibility index (Phi) is 3.46. The van der Waals surface area contributed by atoms with Crippen molar-refractivity contribution >= 4 is 16.8 Å². The smallest absolute Gasteiger partial charge is 0.252 e. The van der Waals surface area contributed by atoms with Gasteiger partial charge in [-0.05, 0) is 44.0 Å². The number of aromatic nitrogens is 2. The van der Waals surface area contributed by atoms with Crippen molar-refractivity contribution in [1.29, 1.82) is 0 Å². The normalized spacial score (nSPS) is 20.0. The summed E-state index contributed by atoms with van der Waals surface area (Å²) < 4.78 is 0. The van der Waals surface area contributed by atoms with Gasteiger partial charge in [-0.1, -0.05) is 18.2 Å². The van der Waals surface area contributed by atoms with Crippen LogP contribution in [0.3, 0.4) is 0 Å². The Labute approximate surface area is 145 Å². The molecule has 5 nitrogen and oxygen atoms in total. The third kappa shape index (κ3) is 2.43. The molecule has 1 atom stereocenters. The number of nitrogens with zero attached hydrogens (tertiary/aromatic N) is 1. The number of hydrogen-bond donors (Lipinski definition) is 2. The van der Waals surface area contributed by atoms with Crippen LogP contribution in [-0.2, 0) is 10.2 Å². The summed E-state index contributed by atoms with van der Waals surface area (Å²) in [6.45, 7) is 4.46. The summed E-state index contributed by atoms with van der Waals surface area (Å²) in [5.74, 6) is -0.0891. The summed E-state index contributed by atoms with van der Waals surface area (Å²) in [5, 5.41) is 3.87. The summed E-state index contributed by atoms with van der Waals surface area (Å²) in [6, 6.07) is 11.6. The highest BCUT2D eigenvalue weighted by atomic mass is 16.2. The molecule has 5 heteroatoms. The highest BCUT2D eigenvalue weighted by Crippen LogP contribution is 2.30. The first-order valence-corrected chi connectivity index (χ1v) is 8.37. The van der Waals surface area contributed by atoms with E-state index in [2.05, 4.69) is 15.3 Å². The van der Waals surface area contributed by atoms with Crippen molar-refractivity contribution in [1.82, 2.24) is 15.3 Å². The number of aromatic amines is 1. The number of amides is 1. The van der Waals surface area contributed by atoms with Crippen LogP contribution in [0.1, 0.15) is 24.5 Å². The first kappa shape index (κ1) is 15.6. The second-order valence-electron chi connectivity index (χ2n) is 6.82. The Morgan fingerprint density at radius 2 is 2.00 bits per heavy atom. The molecule has 0 spiro atoms. The molecular formula is C20H19N3O2. The van der Waals surface area contributed by atoms with Crippen molar-refractivity contribution in [2.24, 2.45) is 0 Å². The topological polar surface area (TPSA) is 74.8 Å². The van der Waals surface area contributed by atoms with Crippen LogP contribution in [0.25, 0.3) is 22.2 Å². The summed E-state index contributed by atoms with van der Waals surface area (Å²) in [7, 11) is 0. The fraction of sp³-hybridized carbons (Fsp3) is 0.250. The van der Waals surface area contributed by atoms with Crippen LogP contribution in [0.15, 0.2) is 47.4 Å². The molecule has 3 heterocycles. The van der Waals surface area contributed by atoms with Gasteiger partial charge < -0.3 is 10.3 Å². The number of rotatable bonds is 2. The summed E-state index contributed by atoms with van der Waals surface area (Å²) in [6.07, 6.45) is 2.39. The predicted molar refractivity (Wildman–Crippen MR) is 97.5 cm³/mol. The molecule has 1 amide bonds. The van der Waals surface area contributed by atoms with Gasteiger partial charge in [-0.25, -0.2) is 0 Å². The van der Waals surface area contributed by atoms with E-state index >= 15 is 0 Å². The molecule has 1 aliphatic rings. The van der Waals surface area contributed by atoms with E-state index in [1.54, 1.807) is 12.3 Å². The third-order valence-corrected chi connectivity index (χ3v) is 5.17. The van der Waals surface area contributed by atoms with E-state index in [0.717, 1.165) is 22.0 Å². The molecule has 0 bridgehead atoms. The summed E-state index contributed by atoms with van der Waals surface area (Å²) in [5.41, 5.74) is 3.15. The second kappa shape index (κ2) is 5.55. The molecular weight excluding hydrogens is 314 g/mol. The van der Waals surface area contributed by atoms with Crippen molar-refractivity contribution in [2.45, 2.75) is 25.7 Å². The van der Waals surface area contributed by atoms with E-state index in [9.17, 15) is 9.59 Å². The van der Waals surface area contributed by atoms with Gasteiger partial charge in [0, 0.05) is 34.9 Å². The van der Waals surface area contributed by atoms with Crippen LogP contribution in [0.4, 0.5) is 0 Å². The lowest BCUT2D eigenvalue weighted by molar-refractivity contribution is -0.123. The maximum Gasteiger partial charge on any atom is 0.252 e. The van der Waals surface area contributed by atoms with Crippen LogP contribution < -0.4 is 10.9 Å². The van der Waals surface area contributed by atoms with Crippen LogP contribution in [0.2, 0.25) is 0 Å². The number of H-pyrrole nitrogens is 1. The Bertz CT molecular complexity index is 1050. The van der Waals surface area contributed by atoms with E-state index in [1.165, 1.54) is 0 Å². The van der Waals surface area contributed by atoms with Gasteiger partial charge >= 0.3 is 0 Å². The maximum absolute atomic E-state index is 12.6. The molecule has 0 aliphatic carbocycles. The average molecular weight is 333 g/mol. The van der Waals surface area contributed by atoms with Gasteiger partial charge in [-0.3, -0.25) is 14.6 Å². The molecule has 1 aliphatic heterocycles. The quantitative estimate of drug-likeness (QED) is 0.757. The molecule has 0 saturated carbocycles. The van der Waals surface area contributed by atoms with Crippen molar-refractivity contribution in [2.75, 3.05) is 6.54 Å². The first-order chi connectivity index (χ1) is 12.0. The molecule has 3 aromatic rings. The van der Waals surface area contributed by atoms with Crippen LogP contribution in [0, 0.1) is 6.92 Å². The molecule has 1 fully saturated rings. The number of nitrogens with one attached hydrogen (secondary N) is 2. The van der Waals surface area contributed by atoms with Crippen molar-refractivity contribution in [3.05, 3.63) is 64.1 Å². The van der Waals surface area contributed by atoms with Crippen LogP contribution in [0.5, 0.6) is 0 Å². The molecule has 4 rings (SSSR count). The average Bonchev–Trinajstić information content (AvgIpc) is 2.94. The second-order valence-corrected chi connectivity index (χ2v) is 6.82. The molecule has 126 valence electrons. The van der Waals surface area contributed by atoms with Crippen molar-refractivity contribution in [3.8, 4) is 11.3 Å². The zero-order valence-electron chi connectivity index (χ0n) is 14.2. The third-order valence-electron chi connectivity index (χ3n) is 5.17. The van der Waals surface area contributed by atoms with E-state index in [-0.39, 0.29) is 11.5 Å². The molecule has 2 N–H and O–H groups in total. The minimum Gasteiger partial charge on any atom is -0.355 e. The highest BCUT2D eigenvalue weighted by Gasteiger charge is 2.41. The van der Waals surface area contributed by atoms with Gasteiger partial charge in [0.25, 0.3) is 5.56 Å². The Morgan fingerprint density at radius 3 is 2.72 bits per heavy atom. The fourth-order valence-electron chi connectivity index (χ4n) is 3.51. The molecule has 1 unspecified atom stereocenters. The van der Waals surface area contributed by atoms with Gasteiger partial charge in [0.2, 0.25) is 5.91 Å². The monoisotopic (exact) mass is 333 g/mol. The highest BCUT2D eigenvalue weighted by molar-refractivity contribution is 5.90. The standard InChI is InChI=1S/C20H19N3O2/c1-12-4-3-5-17-14(12)10-13(11-22-17)16-7-6-15(18(24)23-16)20(2)8-9-21-19(20)25/h3-7,10-11H,8-9H2,1-2H3,(H,21,25)(H,23,24). The Morgan fingerprint density at radius 1 is 1.16 bits per heavy atom. The lowest BCUT2D eigenvalue weighted by Gasteiger charge is -2.20. The largest absolute Gasteiger partial charge is 0.355 e. The molecule has 1 saturated heterocycles. The number of hydrogen-bond acceptors (Lipinski definition) is 3. The summed E-state index contributed by atoms with van der Waals surface area (Å²) >= 11 is 0. The van der Waals surface area contributed by atoms with Gasteiger partial charge in [0.15, 0.2) is 0 Å². The van der Waals surface area contributed by atoms with Crippen LogP contribution in [-0.4, -0.2) is 22.4 Å². The summed E-state index contributed by atoms with van der Waals surface area (Å²) in [4.78, 5) is 32.2. The lowest BCUT2D eigenvalue weighted by atomic mass is 9.81. The zero-order valence-corrected chi connectivity index (χ0v) is 14.2. The number of carbonyl (C=O) groups excluding carboxylic acids is 1. The fourth-order valence-corrected chi connectivity index (χ4v) is 3.51. The Balaban J connectivity index is 1.80. The molecule has 1 aromatic carbocycles. The SMILES string of the molecule is Cc1cccc2ncc(-c3ccc(C4(C)CCNC4=O)c(=O)[nH]3)cc12. The van der Waals surface area contributed by atoms with Crippen molar-refractivity contribution in [3.63, 3.8) is 0 Å². The zero-order chi connectivity index (χ0) is 17.6. The number of benzene rings is 1. The van der Waals surface area contributed by atoms with Gasteiger partial charge in [-0.15, -0.1) is 0 Å². The maximum atomic E-state index is 12.6. The van der Waals surface area contributed by atoms with Gasteiger partial charge in [0.1, 0.15) is 0 Å². The first-order valence-electron chi connectivity index (χ1n) is 8.37. The predicted octanol–water partition coefficient (Wildman–Crippen LogP) is 2.68. The van der Waals surface area contributed by atoms with Crippen molar-refractivity contribution < 1.29 is 4.79 Å². The number of fused-ring (bicyclic) bond motifs is 1. The van der Waals surface area contributed by atoms with E-state index in [0.29, 0.717) is 24.2 Å². The molecule has 0 radical (unpaired) electrons.